The number of fused-ring (bicyclic) bond motifs is 1. The lowest BCUT2D eigenvalue weighted by molar-refractivity contribution is 0.176. The van der Waals surface area contributed by atoms with Crippen molar-refractivity contribution in [2.75, 3.05) is 6.61 Å². The molecule has 21 heavy (non-hydrogen) atoms. The van der Waals surface area contributed by atoms with Crippen molar-refractivity contribution >= 4 is 0 Å². The van der Waals surface area contributed by atoms with Gasteiger partial charge >= 0.3 is 0 Å². The summed E-state index contributed by atoms with van der Waals surface area (Å²) in [7, 11) is 0. The number of aliphatic hydroxyl groups is 1. The number of aryl methyl sites for hydroxylation is 1. The summed E-state index contributed by atoms with van der Waals surface area (Å²) >= 11 is 0. The second-order valence-corrected chi connectivity index (χ2v) is 5.27. The number of halogens is 2. The van der Waals surface area contributed by atoms with Crippen LogP contribution in [0.2, 0.25) is 0 Å². The topological polar surface area (TPSA) is 29.5 Å². The Hall–Kier alpha value is -1.94. The van der Waals surface area contributed by atoms with E-state index in [4.69, 9.17) is 4.74 Å². The molecular formula is C17H16F2O2. The molecule has 0 saturated carbocycles. The predicted octanol–water partition coefficient (Wildman–Crippen LogP) is 3.57. The number of hydrogen-bond donors (Lipinski definition) is 1. The van der Waals surface area contributed by atoms with Gasteiger partial charge in [0.25, 0.3) is 0 Å². The lowest BCUT2D eigenvalue weighted by atomic mass is 9.97. The molecule has 1 N–H and O–H groups in total. The summed E-state index contributed by atoms with van der Waals surface area (Å²) in [5.74, 6) is -0.392. The van der Waals surface area contributed by atoms with E-state index in [0.29, 0.717) is 5.56 Å². The maximum Gasteiger partial charge on any atom is 0.129 e. The molecule has 4 heteroatoms. The third kappa shape index (κ3) is 3.05. The molecule has 110 valence electrons. The summed E-state index contributed by atoms with van der Waals surface area (Å²) in [5.41, 5.74) is 2.10. The number of ether oxygens (including phenoxy) is 1. The molecule has 1 unspecified atom stereocenters. The summed E-state index contributed by atoms with van der Waals surface area (Å²) in [6.45, 7) is 0.718. The van der Waals surface area contributed by atoms with Gasteiger partial charge in [-0.1, -0.05) is 12.1 Å². The maximum atomic E-state index is 13.6. The van der Waals surface area contributed by atoms with Crippen LogP contribution in [0.25, 0.3) is 0 Å². The fourth-order valence-electron chi connectivity index (χ4n) is 2.60. The van der Waals surface area contributed by atoms with Gasteiger partial charge < -0.3 is 9.84 Å². The molecule has 1 aliphatic rings. The van der Waals surface area contributed by atoms with Crippen LogP contribution in [0.15, 0.2) is 36.4 Å². The molecular weight excluding hydrogens is 274 g/mol. The predicted molar refractivity (Wildman–Crippen MR) is 75.3 cm³/mol. The Balaban J connectivity index is 1.80. The molecule has 1 heterocycles. The van der Waals surface area contributed by atoms with E-state index in [1.807, 2.05) is 12.1 Å². The van der Waals surface area contributed by atoms with Crippen molar-refractivity contribution in [1.29, 1.82) is 0 Å². The van der Waals surface area contributed by atoms with E-state index in [9.17, 15) is 13.9 Å². The van der Waals surface area contributed by atoms with Crippen molar-refractivity contribution in [3.63, 3.8) is 0 Å². The van der Waals surface area contributed by atoms with Crippen molar-refractivity contribution in [1.82, 2.24) is 0 Å². The maximum absolute atomic E-state index is 13.6. The lowest BCUT2D eigenvalue weighted by Crippen LogP contribution is -2.10. The lowest BCUT2D eigenvalue weighted by Gasteiger charge is -2.19. The van der Waals surface area contributed by atoms with E-state index in [-0.39, 0.29) is 6.42 Å². The molecule has 1 atom stereocenters. The van der Waals surface area contributed by atoms with Crippen LogP contribution in [-0.4, -0.2) is 11.7 Å². The van der Waals surface area contributed by atoms with Crippen LogP contribution >= 0.6 is 0 Å². The monoisotopic (exact) mass is 290 g/mol. The van der Waals surface area contributed by atoms with Crippen LogP contribution in [0.3, 0.4) is 0 Å². The summed E-state index contributed by atoms with van der Waals surface area (Å²) in [6.07, 6.45) is 1.17. The first-order chi connectivity index (χ1) is 10.1. The van der Waals surface area contributed by atoms with Gasteiger partial charge in [-0.05, 0) is 47.7 Å². The molecule has 1 aliphatic heterocycles. The van der Waals surface area contributed by atoms with Crippen LogP contribution in [-0.2, 0) is 12.8 Å². The molecule has 0 radical (unpaired) electrons. The Morgan fingerprint density at radius 1 is 1.14 bits per heavy atom. The van der Waals surface area contributed by atoms with Crippen molar-refractivity contribution in [2.24, 2.45) is 0 Å². The summed E-state index contributed by atoms with van der Waals surface area (Å²) in [5, 5.41) is 10.3. The number of hydrogen-bond acceptors (Lipinski definition) is 2. The minimum atomic E-state index is -0.822. The van der Waals surface area contributed by atoms with Crippen molar-refractivity contribution < 1.29 is 18.6 Å². The second-order valence-electron chi connectivity index (χ2n) is 5.27. The molecule has 0 fully saturated rings. The Labute approximate surface area is 122 Å². The highest BCUT2D eigenvalue weighted by atomic mass is 19.1. The zero-order valence-electron chi connectivity index (χ0n) is 11.5. The highest BCUT2D eigenvalue weighted by Crippen LogP contribution is 2.29. The molecule has 0 aromatic heterocycles. The number of aliphatic hydroxyl groups excluding tert-OH is 1. The largest absolute Gasteiger partial charge is 0.493 e. The van der Waals surface area contributed by atoms with Gasteiger partial charge in [-0.2, -0.15) is 0 Å². The van der Waals surface area contributed by atoms with E-state index in [2.05, 4.69) is 0 Å². The molecule has 0 bridgehead atoms. The van der Waals surface area contributed by atoms with Gasteiger partial charge in [0.2, 0.25) is 0 Å². The van der Waals surface area contributed by atoms with Gasteiger partial charge in [-0.25, -0.2) is 8.78 Å². The first kappa shape index (κ1) is 14.0. The fraction of sp³-hybridized carbons (Fsp3) is 0.294. The molecule has 0 aliphatic carbocycles. The highest BCUT2D eigenvalue weighted by molar-refractivity contribution is 5.39. The van der Waals surface area contributed by atoms with E-state index in [1.165, 1.54) is 12.1 Å². The van der Waals surface area contributed by atoms with Crippen LogP contribution < -0.4 is 4.74 Å². The smallest absolute Gasteiger partial charge is 0.129 e. The zero-order chi connectivity index (χ0) is 14.8. The Morgan fingerprint density at radius 3 is 2.81 bits per heavy atom. The standard InChI is InChI=1S/C17H16F2O2/c18-14-5-3-11(15(19)10-14)9-16(20)12-4-6-17-13(8-12)2-1-7-21-17/h3-6,8,10,16,20H,1-2,7,9H2. The van der Waals surface area contributed by atoms with Crippen LogP contribution in [0, 0.1) is 11.6 Å². The van der Waals surface area contributed by atoms with Crippen LogP contribution in [0.4, 0.5) is 8.78 Å². The average Bonchev–Trinajstić information content (AvgIpc) is 2.49. The van der Waals surface area contributed by atoms with Crippen LogP contribution in [0.1, 0.15) is 29.2 Å². The van der Waals surface area contributed by atoms with E-state index >= 15 is 0 Å². The zero-order valence-corrected chi connectivity index (χ0v) is 11.5. The van der Waals surface area contributed by atoms with Gasteiger partial charge in [0.05, 0.1) is 12.7 Å². The molecule has 0 saturated heterocycles. The second kappa shape index (κ2) is 5.82. The third-order valence-electron chi connectivity index (χ3n) is 3.75. The third-order valence-corrected chi connectivity index (χ3v) is 3.75. The van der Waals surface area contributed by atoms with Gasteiger partial charge in [-0.15, -0.1) is 0 Å². The van der Waals surface area contributed by atoms with E-state index < -0.39 is 17.7 Å². The Bertz CT molecular complexity index is 655. The number of benzene rings is 2. The van der Waals surface area contributed by atoms with E-state index in [0.717, 1.165) is 42.4 Å². The molecule has 3 rings (SSSR count). The average molecular weight is 290 g/mol. The molecule has 0 spiro atoms. The summed E-state index contributed by atoms with van der Waals surface area (Å²) in [6, 6.07) is 8.94. The minimum Gasteiger partial charge on any atom is -0.493 e. The SMILES string of the molecule is OC(Cc1ccc(F)cc1F)c1ccc2c(c1)CCCO2. The van der Waals surface area contributed by atoms with Gasteiger partial charge in [0.15, 0.2) is 0 Å². The minimum absolute atomic E-state index is 0.117. The van der Waals surface area contributed by atoms with Crippen molar-refractivity contribution in [3.05, 3.63) is 64.7 Å². The summed E-state index contributed by atoms with van der Waals surface area (Å²) < 4.78 is 32.0. The first-order valence-corrected chi connectivity index (χ1v) is 7.01. The van der Waals surface area contributed by atoms with E-state index in [1.54, 1.807) is 6.07 Å². The fourth-order valence-corrected chi connectivity index (χ4v) is 2.60. The van der Waals surface area contributed by atoms with Gasteiger partial charge in [0.1, 0.15) is 17.4 Å². The molecule has 2 aromatic carbocycles. The Morgan fingerprint density at radius 2 is 2.00 bits per heavy atom. The normalized spacial score (nSPS) is 15.2. The van der Waals surface area contributed by atoms with Gasteiger partial charge in [-0.3, -0.25) is 0 Å². The molecule has 0 amide bonds. The number of rotatable bonds is 3. The Kier molecular flexibility index (Phi) is 3.88. The first-order valence-electron chi connectivity index (χ1n) is 7.01. The summed E-state index contributed by atoms with van der Waals surface area (Å²) in [4.78, 5) is 0. The van der Waals surface area contributed by atoms with Crippen LogP contribution in [0.5, 0.6) is 5.75 Å². The van der Waals surface area contributed by atoms with Crippen molar-refractivity contribution in [3.8, 4) is 5.75 Å². The highest BCUT2D eigenvalue weighted by Gasteiger charge is 2.16. The quantitative estimate of drug-likeness (QED) is 0.936. The van der Waals surface area contributed by atoms with Gasteiger partial charge in [0, 0.05) is 12.5 Å². The van der Waals surface area contributed by atoms with Crippen molar-refractivity contribution in [2.45, 2.75) is 25.4 Å². The molecule has 2 aromatic rings. The molecule has 2 nitrogen and oxygen atoms in total.